The summed E-state index contributed by atoms with van der Waals surface area (Å²) in [5.74, 6) is 4.98. The van der Waals surface area contributed by atoms with Crippen molar-refractivity contribution in [3.63, 3.8) is 0 Å². The highest BCUT2D eigenvalue weighted by Gasteiger charge is 2.20. The molecular formula is C11H16ClN3O. The van der Waals surface area contributed by atoms with Crippen LogP contribution in [0, 0.1) is 0 Å². The molecule has 16 heavy (non-hydrogen) atoms. The summed E-state index contributed by atoms with van der Waals surface area (Å²) in [6, 6.07) is 7.18. The molecule has 0 spiro atoms. The summed E-state index contributed by atoms with van der Waals surface area (Å²) < 4.78 is 0. The van der Waals surface area contributed by atoms with E-state index in [1.165, 1.54) is 0 Å². The molecule has 0 saturated carbocycles. The fourth-order valence-electron chi connectivity index (χ4n) is 1.36. The van der Waals surface area contributed by atoms with Gasteiger partial charge in [-0.25, -0.2) is 10.6 Å². The molecule has 5 heteroatoms. The smallest absolute Gasteiger partial charge is 0.328 e. The first-order valence-electron chi connectivity index (χ1n) is 4.96. The van der Waals surface area contributed by atoms with Gasteiger partial charge in [-0.3, -0.25) is 5.43 Å². The van der Waals surface area contributed by atoms with Gasteiger partial charge >= 0.3 is 6.03 Å². The van der Waals surface area contributed by atoms with Gasteiger partial charge in [-0.2, -0.15) is 0 Å². The molecule has 2 amide bonds. The van der Waals surface area contributed by atoms with E-state index >= 15 is 0 Å². The Morgan fingerprint density at radius 3 is 2.44 bits per heavy atom. The standard InChI is InChI=1S/C11H16ClN3O/c1-11(2,7-14-10(16)15-13)8-3-5-9(12)6-4-8/h3-6H,7,13H2,1-2H3,(H2,14,15,16). The van der Waals surface area contributed by atoms with E-state index in [1.54, 1.807) is 0 Å². The summed E-state index contributed by atoms with van der Waals surface area (Å²) >= 11 is 5.82. The van der Waals surface area contributed by atoms with Gasteiger partial charge in [0, 0.05) is 17.0 Å². The monoisotopic (exact) mass is 241 g/mol. The highest BCUT2D eigenvalue weighted by molar-refractivity contribution is 6.30. The van der Waals surface area contributed by atoms with E-state index in [4.69, 9.17) is 17.4 Å². The van der Waals surface area contributed by atoms with Crippen LogP contribution in [0.3, 0.4) is 0 Å². The number of rotatable bonds is 3. The largest absolute Gasteiger partial charge is 0.336 e. The van der Waals surface area contributed by atoms with Crippen LogP contribution in [0.1, 0.15) is 19.4 Å². The van der Waals surface area contributed by atoms with Gasteiger partial charge in [0.25, 0.3) is 0 Å². The van der Waals surface area contributed by atoms with Crippen LogP contribution in [-0.4, -0.2) is 12.6 Å². The molecular weight excluding hydrogens is 226 g/mol. The van der Waals surface area contributed by atoms with Crippen LogP contribution in [-0.2, 0) is 5.41 Å². The number of urea groups is 1. The minimum Gasteiger partial charge on any atom is -0.336 e. The first-order chi connectivity index (χ1) is 7.45. The van der Waals surface area contributed by atoms with Crippen molar-refractivity contribution < 1.29 is 4.79 Å². The number of halogens is 1. The van der Waals surface area contributed by atoms with E-state index in [9.17, 15) is 4.79 Å². The molecule has 0 aliphatic heterocycles. The maximum atomic E-state index is 11.0. The number of carbonyl (C=O) groups is 1. The van der Waals surface area contributed by atoms with Crippen LogP contribution in [0.2, 0.25) is 5.02 Å². The maximum Gasteiger partial charge on any atom is 0.328 e. The Labute approximate surface area is 100 Å². The fraction of sp³-hybridized carbons (Fsp3) is 0.364. The van der Waals surface area contributed by atoms with E-state index in [1.807, 2.05) is 43.5 Å². The molecule has 1 rings (SSSR count). The summed E-state index contributed by atoms with van der Waals surface area (Å²) in [4.78, 5) is 11.0. The Morgan fingerprint density at radius 1 is 1.38 bits per heavy atom. The van der Waals surface area contributed by atoms with Gasteiger partial charge in [-0.15, -0.1) is 0 Å². The van der Waals surface area contributed by atoms with Gasteiger partial charge in [-0.05, 0) is 17.7 Å². The third-order valence-corrected chi connectivity index (χ3v) is 2.70. The van der Waals surface area contributed by atoms with E-state index in [0.29, 0.717) is 11.6 Å². The molecule has 4 nitrogen and oxygen atoms in total. The van der Waals surface area contributed by atoms with Crippen molar-refractivity contribution in [2.75, 3.05) is 6.54 Å². The summed E-state index contributed by atoms with van der Waals surface area (Å²) in [5, 5.41) is 3.38. The average molecular weight is 242 g/mol. The van der Waals surface area contributed by atoms with Crippen molar-refractivity contribution in [1.82, 2.24) is 10.7 Å². The van der Waals surface area contributed by atoms with Gasteiger partial charge in [-0.1, -0.05) is 37.6 Å². The predicted molar refractivity (Wildman–Crippen MR) is 65.2 cm³/mol. The van der Waals surface area contributed by atoms with Gasteiger partial charge in [0.2, 0.25) is 0 Å². The van der Waals surface area contributed by atoms with Crippen LogP contribution < -0.4 is 16.6 Å². The van der Waals surface area contributed by atoms with Gasteiger partial charge in [0.1, 0.15) is 0 Å². The summed E-state index contributed by atoms with van der Waals surface area (Å²) in [7, 11) is 0. The van der Waals surface area contributed by atoms with Crippen molar-refractivity contribution in [2.24, 2.45) is 5.84 Å². The van der Waals surface area contributed by atoms with Crippen LogP contribution in [0.15, 0.2) is 24.3 Å². The van der Waals surface area contributed by atoms with Crippen molar-refractivity contribution in [3.8, 4) is 0 Å². The highest BCUT2D eigenvalue weighted by atomic mass is 35.5. The zero-order chi connectivity index (χ0) is 12.2. The molecule has 0 unspecified atom stereocenters. The SMILES string of the molecule is CC(C)(CNC(=O)NN)c1ccc(Cl)cc1. The second-order valence-electron chi connectivity index (χ2n) is 4.22. The Balaban J connectivity index is 2.69. The van der Waals surface area contributed by atoms with E-state index in [0.717, 1.165) is 5.56 Å². The summed E-state index contributed by atoms with van der Waals surface area (Å²) in [5.41, 5.74) is 2.96. The molecule has 0 saturated heterocycles. The van der Waals surface area contributed by atoms with E-state index < -0.39 is 0 Å². The number of nitrogens with one attached hydrogen (secondary N) is 2. The van der Waals surface area contributed by atoms with Crippen LogP contribution >= 0.6 is 11.6 Å². The maximum absolute atomic E-state index is 11.0. The minimum atomic E-state index is -0.387. The molecule has 0 radical (unpaired) electrons. The Kier molecular flexibility index (Phi) is 4.15. The molecule has 1 aromatic rings. The second kappa shape index (κ2) is 5.18. The minimum absolute atomic E-state index is 0.170. The lowest BCUT2D eigenvalue weighted by Crippen LogP contribution is -2.44. The number of hydrogen-bond acceptors (Lipinski definition) is 2. The molecule has 4 N–H and O–H groups in total. The average Bonchev–Trinajstić information content (AvgIpc) is 2.26. The number of amides is 2. The molecule has 0 aliphatic carbocycles. The molecule has 0 aliphatic rings. The molecule has 0 fully saturated rings. The van der Waals surface area contributed by atoms with Crippen molar-refractivity contribution in [3.05, 3.63) is 34.9 Å². The van der Waals surface area contributed by atoms with Crippen molar-refractivity contribution in [1.29, 1.82) is 0 Å². The van der Waals surface area contributed by atoms with Crippen molar-refractivity contribution >= 4 is 17.6 Å². The third-order valence-electron chi connectivity index (χ3n) is 2.45. The molecule has 1 aromatic carbocycles. The van der Waals surface area contributed by atoms with Gasteiger partial charge < -0.3 is 5.32 Å². The molecule has 0 aromatic heterocycles. The summed E-state index contributed by atoms with van der Waals surface area (Å²) in [6.45, 7) is 4.57. The number of nitrogens with two attached hydrogens (primary N) is 1. The van der Waals surface area contributed by atoms with Crippen LogP contribution in [0.5, 0.6) is 0 Å². The van der Waals surface area contributed by atoms with Crippen LogP contribution in [0.4, 0.5) is 4.79 Å². The molecule has 0 bridgehead atoms. The quantitative estimate of drug-likeness (QED) is 0.429. The lowest BCUT2D eigenvalue weighted by atomic mass is 9.85. The van der Waals surface area contributed by atoms with Gasteiger partial charge in [0.15, 0.2) is 0 Å². The zero-order valence-electron chi connectivity index (χ0n) is 9.38. The van der Waals surface area contributed by atoms with E-state index in [-0.39, 0.29) is 11.4 Å². The normalized spacial score (nSPS) is 11.0. The lowest BCUT2D eigenvalue weighted by Gasteiger charge is -2.25. The Hall–Kier alpha value is -1.26. The number of hydrogen-bond donors (Lipinski definition) is 3. The van der Waals surface area contributed by atoms with E-state index in [2.05, 4.69) is 5.32 Å². The number of hydrazine groups is 1. The summed E-state index contributed by atoms with van der Waals surface area (Å²) in [6.07, 6.45) is 0. The van der Waals surface area contributed by atoms with Crippen molar-refractivity contribution in [2.45, 2.75) is 19.3 Å². The number of benzene rings is 1. The highest BCUT2D eigenvalue weighted by Crippen LogP contribution is 2.23. The predicted octanol–water partition coefficient (Wildman–Crippen LogP) is 1.79. The lowest BCUT2D eigenvalue weighted by molar-refractivity contribution is 0.238. The molecule has 88 valence electrons. The fourth-order valence-corrected chi connectivity index (χ4v) is 1.48. The molecule has 0 heterocycles. The topological polar surface area (TPSA) is 67.2 Å². The van der Waals surface area contributed by atoms with Gasteiger partial charge in [0.05, 0.1) is 0 Å². The Bertz CT molecular complexity index is 362. The first-order valence-corrected chi connectivity index (χ1v) is 5.34. The second-order valence-corrected chi connectivity index (χ2v) is 4.65. The Morgan fingerprint density at radius 2 is 1.94 bits per heavy atom. The van der Waals surface area contributed by atoms with Crippen LogP contribution in [0.25, 0.3) is 0 Å². The zero-order valence-corrected chi connectivity index (χ0v) is 10.1. The first kappa shape index (κ1) is 12.8. The third kappa shape index (κ3) is 3.40. The number of carbonyl (C=O) groups excluding carboxylic acids is 1. The molecule has 0 atom stereocenters.